The summed E-state index contributed by atoms with van der Waals surface area (Å²) in [7, 11) is 0. The molecule has 3 rings (SSSR count). The Labute approximate surface area is 92.3 Å². The zero-order chi connectivity index (χ0) is 11.3. The van der Waals surface area contributed by atoms with Crippen molar-refractivity contribution in [3.8, 4) is 0 Å². The maximum atomic E-state index is 11.2. The summed E-state index contributed by atoms with van der Waals surface area (Å²) in [6, 6.07) is 0. The molecule has 1 fully saturated rings. The molecule has 1 aliphatic carbocycles. The second-order valence-corrected chi connectivity index (χ2v) is 4.43. The molecule has 5 heteroatoms. The van der Waals surface area contributed by atoms with Gasteiger partial charge in [-0.2, -0.15) is 5.10 Å². The monoisotopic (exact) mass is 219 g/mol. The van der Waals surface area contributed by atoms with Gasteiger partial charge in [0.2, 0.25) is 0 Å². The zero-order valence-electron chi connectivity index (χ0n) is 9.05. The number of hydrogen-bond donors (Lipinski definition) is 1. The summed E-state index contributed by atoms with van der Waals surface area (Å²) < 4.78 is 3.66. The highest BCUT2D eigenvalue weighted by atomic mass is 16.4. The average molecular weight is 219 g/mol. The normalized spacial score (nSPS) is 15.8. The summed E-state index contributed by atoms with van der Waals surface area (Å²) in [4.78, 5) is 11.2. The third kappa shape index (κ3) is 1.31. The van der Waals surface area contributed by atoms with Crippen LogP contribution in [0.25, 0.3) is 5.65 Å². The minimum Gasteiger partial charge on any atom is -0.477 e. The van der Waals surface area contributed by atoms with Crippen LogP contribution in [0.15, 0.2) is 12.4 Å². The molecule has 0 aromatic carbocycles. The Morgan fingerprint density at radius 2 is 2.31 bits per heavy atom. The number of nitrogens with zero attached hydrogens (tertiary/aromatic N) is 3. The third-order valence-electron chi connectivity index (χ3n) is 3.09. The van der Waals surface area contributed by atoms with Crippen LogP contribution in [0.2, 0.25) is 0 Å². The van der Waals surface area contributed by atoms with Gasteiger partial charge >= 0.3 is 5.97 Å². The Morgan fingerprint density at radius 1 is 1.56 bits per heavy atom. The van der Waals surface area contributed by atoms with Gasteiger partial charge in [-0.15, -0.1) is 0 Å². The molecule has 0 amide bonds. The van der Waals surface area contributed by atoms with E-state index >= 15 is 0 Å². The van der Waals surface area contributed by atoms with Crippen molar-refractivity contribution in [2.24, 2.45) is 5.92 Å². The maximum absolute atomic E-state index is 11.2. The number of hydrogen-bond acceptors (Lipinski definition) is 2. The molecule has 2 heterocycles. The van der Waals surface area contributed by atoms with E-state index in [1.165, 1.54) is 12.8 Å². The summed E-state index contributed by atoms with van der Waals surface area (Å²) in [5.41, 5.74) is 1.61. The van der Waals surface area contributed by atoms with Crippen LogP contribution in [-0.4, -0.2) is 25.3 Å². The van der Waals surface area contributed by atoms with Crippen molar-refractivity contribution in [2.45, 2.75) is 26.3 Å². The van der Waals surface area contributed by atoms with Crippen molar-refractivity contribution in [1.29, 1.82) is 0 Å². The Balaban J connectivity index is 2.17. The molecule has 16 heavy (non-hydrogen) atoms. The SMILES string of the molecule is Cc1nn2ccn(CC3CC3)c2c1C(=O)O. The number of aromatic carboxylic acids is 1. The Bertz CT molecular complexity index is 563. The van der Waals surface area contributed by atoms with Crippen LogP contribution < -0.4 is 0 Å². The molecule has 0 saturated heterocycles. The average Bonchev–Trinajstić information content (AvgIpc) is 2.85. The van der Waals surface area contributed by atoms with Crippen LogP contribution in [0.4, 0.5) is 0 Å². The number of rotatable bonds is 3. The van der Waals surface area contributed by atoms with Crippen LogP contribution in [-0.2, 0) is 6.54 Å². The van der Waals surface area contributed by atoms with Gasteiger partial charge in [0.1, 0.15) is 5.56 Å². The number of fused-ring (bicyclic) bond motifs is 1. The van der Waals surface area contributed by atoms with E-state index in [0.717, 1.165) is 6.54 Å². The van der Waals surface area contributed by atoms with Crippen LogP contribution in [0.1, 0.15) is 28.9 Å². The minimum atomic E-state index is -0.900. The highest BCUT2D eigenvalue weighted by molar-refractivity contribution is 5.95. The molecule has 5 nitrogen and oxygen atoms in total. The first-order chi connectivity index (χ1) is 7.66. The second-order valence-electron chi connectivity index (χ2n) is 4.43. The fraction of sp³-hybridized carbons (Fsp3) is 0.455. The van der Waals surface area contributed by atoms with Gasteiger partial charge in [0.05, 0.1) is 5.69 Å². The Hall–Kier alpha value is -1.78. The molecule has 1 saturated carbocycles. The molecule has 0 unspecified atom stereocenters. The minimum absolute atomic E-state index is 0.325. The first-order valence-corrected chi connectivity index (χ1v) is 5.44. The summed E-state index contributed by atoms with van der Waals surface area (Å²) in [5, 5.41) is 13.4. The van der Waals surface area contributed by atoms with E-state index in [1.54, 1.807) is 11.4 Å². The van der Waals surface area contributed by atoms with E-state index in [9.17, 15) is 9.90 Å². The smallest absolute Gasteiger partial charge is 0.341 e. The topological polar surface area (TPSA) is 59.5 Å². The number of aromatic nitrogens is 3. The molecule has 0 aliphatic heterocycles. The molecule has 1 aliphatic rings. The lowest BCUT2D eigenvalue weighted by Crippen LogP contribution is -2.04. The van der Waals surface area contributed by atoms with Crippen molar-refractivity contribution < 1.29 is 9.90 Å². The fourth-order valence-corrected chi connectivity index (χ4v) is 2.11. The van der Waals surface area contributed by atoms with Crippen molar-refractivity contribution in [3.63, 3.8) is 0 Å². The lowest BCUT2D eigenvalue weighted by molar-refractivity contribution is 0.0697. The zero-order valence-corrected chi connectivity index (χ0v) is 9.05. The van der Waals surface area contributed by atoms with E-state index < -0.39 is 5.97 Å². The summed E-state index contributed by atoms with van der Waals surface area (Å²) in [6.07, 6.45) is 6.23. The standard InChI is InChI=1S/C11H13N3O2/c1-7-9(11(15)16)10-13(6-8-2-3-8)4-5-14(10)12-7/h4-5,8H,2-3,6H2,1H3,(H,15,16). The molecular formula is C11H13N3O2. The number of carbonyl (C=O) groups is 1. The highest BCUT2D eigenvalue weighted by Crippen LogP contribution is 2.31. The summed E-state index contributed by atoms with van der Waals surface area (Å²) in [5.74, 6) is -0.184. The molecule has 0 radical (unpaired) electrons. The first kappa shape index (κ1) is 9.45. The first-order valence-electron chi connectivity index (χ1n) is 5.44. The molecule has 2 aromatic rings. The van der Waals surface area contributed by atoms with E-state index in [1.807, 2.05) is 17.0 Å². The van der Waals surface area contributed by atoms with E-state index in [0.29, 0.717) is 22.8 Å². The highest BCUT2D eigenvalue weighted by Gasteiger charge is 2.25. The molecular weight excluding hydrogens is 206 g/mol. The molecule has 0 atom stereocenters. The van der Waals surface area contributed by atoms with E-state index in [2.05, 4.69) is 5.10 Å². The van der Waals surface area contributed by atoms with Crippen molar-refractivity contribution >= 4 is 11.6 Å². The number of aryl methyl sites for hydroxylation is 1. The largest absolute Gasteiger partial charge is 0.477 e. The van der Waals surface area contributed by atoms with Crippen molar-refractivity contribution in [2.75, 3.05) is 0 Å². The van der Waals surface area contributed by atoms with Gasteiger partial charge in [0.15, 0.2) is 5.65 Å². The Morgan fingerprint density at radius 3 is 2.94 bits per heavy atom. The van der Waals surface area contributed by atoms with Crippen LogP contribution in [0.5, 0.6) is 0 Å². The molecule has 2 aromatic heterocycles. The lowest BCUT2D eigenvalue weighted by Gasteiger charge is -2.02. The van der Waals surface area contributed by atoms with Gasteiger partial charge in [-0.25, -0.2) is 9.31 Å². The van der Waals surface area contributed by atoms with Gasteiger partial charge in [0, 0.05) is 18.9 Å². The Kier molecular flexibility index (Phi) is 1.83. The third-order valence-corrected chi connectivity index (χ3v) is 3.09. The molecule has 84 valence electrons. The molecule has 0 spiro atoms. The van der Waals surface area contributed by atoms with E-state index in [4.69, 9.17) is 0 Å². The van der Waals surface area contributed by atoms with Crippen LogP contribution in [0, 0.1) is 12.8 Å². The van der Waals surface area contributed by atoms with Gasteiger partial charge in [-0.05, 0) is 25.7 Å². The summed E-state index contributed by atoms with van der Waals surface area (Å²) >= 11 is 0. The fourth-order valence-electron chi connectivity index (χ4n) is 2.11. The lowest BCUT2D eigenvalue weighted by atomic mass is 10.2. The quantitative estimate of drug-likeness (QED) is 0.852. The predicted octanol–water partition coefficient (Wildman–Crippen LogP) is 1.55. The van der Waals surface area contributed by atoms with Gasteiger partial charge in [0.25, 0.3) is 0 Å². The van der Waals surface area contributed by atoms with Crippen LogP contribution >= 0.6 is 0 Å². The van der Waals surface area contributed by atoms with Crippen LogP contribution in [0.3, 0.4) is 0 Å². The molecule has 0 bridgehead atoms. The number of carboxylic acid groups (broad SMARTS) is 1. The van der Waals surface area contributed by atoms with Gasteiger partial charge in [-0.3, -0.25) is 0 Å². The molecule has 1 N–H and O–H groups in total. The van der Waals surface area contributed by atoms with Crippen molar-refractivity contribution in [1.82, 2.24) is 14.2 Å². The van der Waals surface area contributed by atoms with E-state index in [-0.39, 0.29) is 0 Å². The van der Waals surface area contributed by atoms with Gasteiger partial charge in [-0.1, -0.05) is 0 Å². The maximum Gasteiger partial charge on any atom is 0.341 e. The van der Waals surface area contributed by atoms with Crippen molar-refractivity contribution in [3.05, 3.63) is 23.7 Å². The summed E-state index contributed by atoms with van der Waals surface area (Å²) in [6.45, 7) is 2.64. The number of imidazole rings is 1. The number of carboxylic acids is 1. The van der Waals surface area contributed by atoms with Gasteiger partial charge < -0.3 is 9.67 Å². The predicted molar refractivity (Wildman–Crippen MR) is 57.6 cm³/mol. The second kappa shape index (κ2) is 3.10.